The molecule has 1 amide bonds. The first-order valence-corrected chi connectivity index (χ1v) is 12.0. The molecule has 1 aliphatic heterocycles. The van der Waals surface area contributed by atoms with E-state index in [4.69, 9.17) is 19.9 Å². The molecule has 0 bridgehead atoms. The Bertz CT molecular complexity index is 1210. The van der Waals surface area contributed by atoms with Gasteiger partial charge in [-0.05, 0) is 44.5 Å². The number of methoxy groups -OCH3 is 2. The second-order valence-electron chi connectivity index (χ2n) is 9.69. The molecule has 0 spiro atoms. The molecule has 1 aliphatic rings. The third kappa shape index (κ3) is 5.63. The molecule has 11 nitrogen and oxygen atoms in total. The predicted octanol–water partition coefficient (Wildman–Crippen LogP) is 3.10. The van der Waals surface area contributed by atoms with Gasteiger partial charge in [-0.15, -0.1) is 0 Å². The lowest BCUT2D eigenvalue weighted by atomic mass is 10.1. The highest BCUT2D eigenvalue weighted by atomic mass is 16.6. The second-order valence-corrected chi connectivity index (χ2v) is 9.69. The van der Waals surface area contributed by atoms with E-state index in [2.05, 4.69) is 31.3 Å². The molecule has 4 rings (SSSR count). The van der Waals surface area contributed by atoms with Gasteiger partial charge in [0, 0.05) is 45.4 Å². The Morgan fingerprint density at radius 2 is 1.89 bits per heavy atom. The summed E-state index contributed by atoms with van der Waals surface area (Å²) in [6, 6.07) is 7.64. The summed E-state index contributed by atoms with van der Waals surface area (Å²) in [5, 5.41) is 7.27. The van der Waals surface area contributed by atoms with E-state index >= 15 is 0 Å². The quantitative estimate of drug-likeness (QED) is 0.507. The highest BCUT2D eigenvalue weighted by Crippen LogP contribution is 2.38. The van der Waals surface area contributed by atoms with Crippen LogP contribution in [-0.4, -0.2) is 84.7 Å². The number of ether oxygens (including phenoxy) is 3. The van der Waals surface area contributed by atoms with Gasteiger partial charge < -0.3 is 24.8 Å². The topological polar surface area (TPSA) is 119 Å². The monoisotopic (exact) mass is 497 g/mol. The molecular weight excluding hydrogens is 462 g/mol. The lowest BCUT2D eigenvalue weighted by Crippen LogP contribution is -2.47. The van der Waals surface area contributed by atoms with E-state index in [1.54, 1.807) is 20.3 Å². The van der Waals surface area contributed by atoms with Gasteiger partial charge in [0.25, 0.3) is 0 Å². The summed E-state index contributed by atoms with van der Waals surface area (Å²) in [5.41, 5.74) is 8.70. The molecule has 1 aromatic carbocycles. The summed E-state index contributed by atoms with van der Waals surface area (Å²) in [7, 11) is 3.28. The first-order valence-electron chi connectivity index (χ1n) is 12.0. The summed E-state index contributed by atoms with van der Waals surface area (Å²) < 4.78 is 18.0. The SMILES string of the molecule is COCCN1CCN(c2cc(-c3ccc(NC(=O)OC(C)(C)C)c(OC)c3)c3c(N)ncnn23)CC1. The Morgan fingerprint density at radius 3 is 2.56 bits per heavy atom. The van der Waals surface area contributed by atoms with Crippen LogP contribution in [0, 0.1) is 0 Å². The zero-order valence-corrected chi connectivity index (χ0v) is 21.6. The van der Waals surface area contributed by atoms with Crippen molar-refractivity contribution >= 4 is 28.9 Å². The molecule has 2 aromatic heterocycles. The van der Waals surface area contributed by atoms with E-state index in [0.29, 0.717) is 17.3 Å². The van der Waals surface area contributed by atoms with Crippen LogP contribution in [0.15, 0.2) is 30.6 Å². The number of carbonyl (C=O) groups excluding carboxylic acids is 1. The van der Waals surface area contributed by atoms with Crippen LogP contribution in [0.25, 0.3) is 16.6 Å². The van der Waals surface area contributed by atoms with Crippen LogP contribution >= 0.6 is 0 Å². The van der Waals surface area contributed by atoms with Crippen LogP contribution in [0.4, 0.5) is 22.1 Å². The number of fused-ring (bicyclic) bond motifs is 1. The van der Waals surface area contributed by atoms with Crippen molar-refractivity contribution in [3.63, 3.8) is 0 Å². The maximum Gasteiger partial charge on any atom is 0.412 e. The number of hydrogen-bond donors (Lipinski definition) is 2. The van der Waals surface area contributed by atoms with Gasteiger partial charge in [-0.25, -0.2) is 14.3 Å². The number of benzene rings is 1. The maximum absolute atomic E-state index is 12.3. The van der Waals surface area contributed by atoms with Crippen molar-refractivity contribution in [3.05, 3.63) is 30.6 Å². The molecule has 3 aromatic rings. The van der Waals surface area contributed by atoms with Crippen LogP contribution in [0.3, 0.4) is 0 Å². The van der Waals surface area contributed by atoms with Crippen LogP contribution in [0.2, 0.25) is 0 Å². The number of carbonyl (C=O) groups is 1. The Labute approximate surface area is 211 Å². The average Bonchev–Trinajstić information content (AvgIpc) is 3.23. The van der Waals surface area contributed by atoms with Gasteiger partial charge in [-0.1, -0.05) is 6.07 Å². The molecule has 3 heterocycles. The van der Waals surface area contributed by atoms with Crippen molar-refractivity contribution in [2.75, 3.05) is 69.5 Å². The van der Waals surface area contributed by atoms with Gasteiger partial charge in [0.2, 0.25) is 0 Å². The van der Waals surface area contributed by atoms with E-state index in [1.165, 1.54) is 6.33 Å². The van der Waals surface area contributed by atoms with E-state index in [-0.39, 0.29) is 0 Å². The number of nitrogen functional groups attached to an aromatic ring is 1. The Balaban J connectivity index is 1.65. The fourth-order valence-corrected chi connectivity index (χ4v) is 4.29. The minimum Gasteiger partial charge on any atom is -0.495 e. The van der Waals surface area contributed by atoms with Gasteiger partial charge in [0.15, 0.2) is 5.82 Å². The molecule has 1 saturated heterocycles. The zero-order valence-electron chi connectivity index (χ0n) is 21.6. The lowest BCUT2D eigenvalue weighted by Gasteiger charge is -2.35. The first kappa shape index (κ1) is 25.5. The Morgan fingerprint density at radius 1 is 1.14 bits per heavy atom. The molecule has 3 N–H and O–H groups in total. The number of rotatable bonds is 7. The molecule has 0 radical (unpaired) electrons. The summed E-state index contributed by atoms with van der Waals surface area (Å²) in [5.74, 6) is 1.84. The van der Waals surface area contributed by atoms with Crippen LogP contribution in [0.1, 0.15) is 20.8 Å². The molecule has 11 heteroatoms. The molecule has 0 atom stereocenters. The lowest BCUT2D eigenvalue weighted by molar-refractivity contribution is 0.0635. The number of nitrogens with one attached hydrogen (secondary N) is 1. The van der Waals surface area contributed by atoms with Crippen molar-refractivity contribution < 1.29 is 19.0 Å². The number of piperazine rings is 1. The summed E-state index contributed by atoms with van der Waals surface area (Å²) in [6.07, 6.45) is 0.922. The number of anilines is 3. The minimum atomic E-state index is -0.605. The first-order chi connectivity index (χ1) is 17.2. The van der Waals surface area contributed by atoms with Gasteiger partial charge in [0.05, 0.1) is 19.4 Å². The average molecular weight is 498 g/mol. The fourth-order valence-electron chi connectivity index (χ4n) is 4.29. The van der Waals surface area contributed by atoms with Crippen molar-refractivity contribution in [1.82, 2.24) is 19.5 Å². The van der Waals surface area contributed by atoms with E-state index in [1.807, 2.05) is 37.4 Å². The number of amides is 1. The number of nitrogens with zero attached hydrogens (tertiary/aromatic N) is 5. The number of aromatic nitrogens is 3. The van der Waals surface area contributed by atoms with Crippen molar-refractivity contribution in [3.8, 4) is 16.9 Å². The summed E-state index contributed by atoms with van der Waals surface area (Å²) in [6.45, 7) is 10.7. The summed E-state index contributed by atoms with van der Waals surface area (Å²) in [4.78, 5) is 21.2. The number of hydrogen-bond acceptors (Lipinski definition) is 9. The van der Waals surface area contributed by atoms with E-state index in [0.717, 1.165) is 61.8 Å². The molecule has 1 fully saturated rings. The smallest absolute Gasteiger partial charge is 0.412 e. The third-order valence-corrected chi connectivity index (χ3v) is 6.02. The largest absolute Gasteiger partial charge is 0.495 e. The molecule has 36 heavy (non-hydrogen) atoms. The van der Waals surface area contributed by atoms with Gasteiger partial charge in [0.1, 0.15) is 29.0 Å². The normalized spacial score (nSPS) is 14.8. The highest BCUT2D eigenvalue weighted by Gasteiger charge is 2.24. The van der Waals surface area contributed by atoms with Crippen LogP contribution < -0.4 is 20.7 Å². The minimum absolute atomic E-state index is 0.389. The van der Waals surface area contributed by atoms with Gasteiger partial charge in [-0.3, -0.25) is 10.2 Å². The standard InChI is InChI=1S/C25H35N7O4/c1-25(2,3)36-24(33)29-19-7-6-17(14-20(19)35-5)18-15-21(32-22(18)23(26)27-16-28-32)31-10-8-30(9-11-31)12-13-34-4/h6-7,14-16H,8-13H2,1-5H3,(H,29,33)(H2,26,27,28). The summed E-state index contributed by atoms with van der Waals surface area (Å²) >= 11 is 0. The van der Waals surface area contributed by atoms with Crippen LogP contribution in [-0.2, 0) is 9.47 Å². The fraction of sp³-hybridized carbons (Fsp3) is 0.480. The molecule has 0 unspecified atom stereocenters. The predicted molar refractivity (Wildman–Crippen MR) is 140 cm³/mol. The van der Waals surface area contributed by atoms with Crippen molar-refractivity contribution in [2.45, 2.75) is 26.4 Å². The number of nitrogens with two attached hydrogens (primary N) is 1. The third-order valence-electron chi connectivity index (χ3n) is 6.02. The highest BCUT2D eigenvalue weighted by molar-refractivity contribution is 5.93. The zero-order chi connectivity index (χ0) is 25.9. The van der Waals surface area contributed by atoms with E-state index in [9.17, 15) is 4.79 Å². The second kappa shape index (κ2) is 10.6. The van der Waals surface area contributed by atoms with E-state index < -0.39 is 11.7 Å². The molecule has 0 saturated carbocycles. The Kier molecular flexibility index (Phi) is 7.51. The van der Waals surface area contributed by atoms with Crippen LogP contribution in [0.5, 0.6) is 5.75 Å². The van der Waals surface area contributed by atoms with Gasteiger partial charge in [-0.2, -0.15) is 5.10 Å². The van der Waals surface area contributed by atoms with Crippen molar-refractivity contribution in [2.24, 2.45) is 0 Å². The van der Waals surface area contributed by atoms with Gasteiger partial charge >= 0.3 is 6.09 Å². The Hall–Kier alpha value is -3.57. The molecule has 0 aliphatic carbocycles. The molecular formula is C25H35N7O4. The molecule has 194 valence electrons. The van der Waals surface area contributed by atoms with Crippen molar-refractivity contribution in [1.29, 1.82) is 0 Å². The maximum atomic E-state index is 12.3.